The highest BCUT2D eigenvalue weighted by atomic mass is 32.3. The molecule has 0 radical (unpaired) electrons. The third-order valence-corrected chi connectivity index (χ3v) is 6.39. The minimum absolute atomic E-state index is 0.0484. The van der Waals surface area contributed by atoms with Gasteiger partial charge < -0.3 is 20.1 Å². The maximum atomic E-state index is 14.4. The first-order valence-corrected chi connectivity index (χ1v) is 11.9. The molecule has 33 heavy (non-hydrogen) atoms. The van der Waals surface area contributed by atoms with Gasteiger partial charge in [0.15, 0.2) is 0 Å². The van der Waals surface area contributed by atoms with Crippen LogP contribution in [0.5, 0.6) is 5.88 Å². The minimum Gasteiger partial charge on any atom is -0.384 e. The molecule has 4 rings (SSSR count). The number of piperidine rings is 1. The average Bonchev–Trinajstić information content (AvgIpc) is 3.01. The lowest BCUT2D eigenvalue weighted by Gasteiger charge is -2.42. The van der Waals surface area contributed by atoms with Gasteiger partial charge in [0.25, 0.3) is 0 Å². The number of carbonyl (C=O) groups is 1. The second kappa shape index (κ2) is 8.75. The first kappa shape index (κ1) is 23.2. The van der Waals surface area contributed by atoms with Crippen LogP contribution in [0.4, 0.5) is 25.3 Å². The summed E-state index contributed by atoms with van der Waals surface area (Å²) in [6, 6.07) is 5.51. The van der Waals surface area contributed by atoms with E-state index >= 15 is 0 Å². The van der Waals surface area contributed by atoms with Gasteiger partial charge >= 0.3 is 10.5 Å². The third kappa shape index (κ3) is 4.71. The largest absolute Gasteiger partial charge is 0.490 e. The number of hydrogen-bond donors (Lipinski definition) is 3. The Hall–Kier alpha value is -2.99. The summed E-state index contributed by atoms with van der Waals surface area (Å²) in [7, 11) is -5.14. The molecule has 9 nitrogen and oxygen atoms in total. The summed E-state index contributed by atoms with van der Waals surface area (Å²) in [5, 5.41) is 9.33. The Kier molecular flexibility index (Phi) is 6.14. The lowest BCUT2D eigenvalue weighted by atomic mass is 9.88. The van der Waals surface area contributed by atoms with Crippen LogP contribution in [-0.2, 0) is 20.8 Å². The number of pyridine rings is 1. The fourth-order valence-corrected chi connectivity index (χ4v) is 4.78. The number of aromatic nitrogens is 1. The zero-order chi connectivity index (χ0) is 23.8. The van der Waals surface area contributed by atoms with Gasteiger partial charge in [0.2, 0.25) is 11.8 Å². The molecule has 1 aromatic heterocycles. The van der Waals surface area contributed by atoms with Gasteiger partial charge in [-0.15, -0.1) is 0 Å². The molecule has 1 unspecified atom stereocenters. The fraction of sp³-hybridized carbons (Fsp3) is 0.429. The molecule has 3 heterocycles. The number of anilines is 3. The van der Waals surface area contributed by atoms with Crippen molar-refractivity contribution in [3.05, 3.63) is 41.8 Å². The van der Waals surface area contributed by atoms with E-state index in [1.165, 1.54) is 30.5 Å². The number of fused-ring (bicyclic) bond motifs is 1. The van der Waals surface area contributed by atoms with Crippen LogP contribution in [0, 0.1) is 5.82 Å². The van der Waals surface area contributed by atoms with E-state index in [0.29, 0.717) is 42.3 Å². The summed E-state index contributed by atoms with van der Waals surface area (Å²) in [4.78, 5) is 18.9. The number of nitrogens with zero attached hydrogens (tertiary/aromatic N) is 2. The molecule has 0 spiro atoms. The van der Waals surface area contributed by atoms with E-state index in [4.69, 9.17) is 0 Å². The molecule has 0 bridgehead atoms. The average molecular weight is 482 g/mol. The molecule has 1 aromatic carbocycles. The minimum atomic E-state index is -5.14. The molecule has 1 amide bonds. The molecule has 3 N–H and O–H groups in total. The Morgan fingerprint density at radius 2 is 2.15 bits per heavy atom. The molecular weight excluding hydrogens is 456 g/mol. The zero-order valence-corrected chi connectivity index (χ0v) is 19.0. The molecule has 1 fully saturated rings. The standard InChI is InChI=1S/C21H25F2N5O4S/c1-3-24-17-10-13(22)9-16-19(17)27-20(29)21(16,2)28-8-4-5-15(12-28)26-14-6-7-18(25-11-14)32-33(23,30)31/h6-7,9-11,15,24,26H,3-5,8,12H2,1-2H3,(H,27,29)/t15-,21?/m1/s1. The summed E-state index contributed by atoms with van der Waals surface area (Å²) in [6.07, 6.45) is 2.97. The second-order valence-corrected chi connectivity index (χ2v) is 9.18. The van der Waals surface area contributed by atoms with Gasteiger partial charge in [0.1, 0.15) is 11.4 Å². The maximum absolute atomic E-state index is 14.4. The van der Waals surface area contributed by atoms with Crippen molar-refractivity contribution < 1.29 is 25.7 Å². The monoisotopic (exact) mass is 481 g/mol. The van der Waals surface area contributed by atoms with Crippen molar-refractivity contribution >= 4 is 33.5 Å². The fourth-order valence-electron chi connectivity index (χ4n) is 4.48. The molecule has 2 aliphatic heterocycles. The summed E-state index contributed by atoms with van der Waals surface area (Å²) >= 11 is 0. The van der Waals surface area contributed by atoms with E-state index in [1.807, 2.05) is 11.8 Å². The number of likely N-dealkylation sites (tertiary alicyclic amines) is 1. The first-order chi connectivity index (χ1) is 15.6. The second-order valence-electron chi connectivity index (χ2n) is 8.22. The van der Waals surface area contributed by atoms with Crippen LogP contribution in [-0.4, -0.2) is 49.9 Å². The van der Waals surface area contributed by atoms with Crippen molar-refractivity contribution in [3.8, 4) is 5.88 Å². The van der Waals surface area contributed by atoms with Crippen LogP contribution in [0.3, 0.4) is 0 Å². The molecule has 2 aliphatic rings. The normalized spacial score (nSPS) is 23.0. The number of halogens is 2. The van der Waals surface area contributed by atoms with E-state index < -0.39 is 21.9 Å². The topological polar surface area (TPSA) is 113 Å². The van der Waals surface area contributed by atoms with Crippen molar-refractivity contribution in [2.24, 2.45) is 0 Å². The number of hydrogen-bond acceptors (Lipinski definition) is 8. The molecule has 1 saturated heterocycles. The van der Waals surface area contributed by atoms with Crippen LogP contribution in [0.1, 0.15) is 32.3 Å². The lowest BCUT2D eigenvalue weighted by molar-refractivity contribution is -0.127. The molecule has 178 valence electrons. The first-order valence-electron chi connectivity index (χ1n) is 10.6. The molecule has 0 saturated carbocycles. The van der Waals surface area contributed by atoms with Gasteiger partial charge in [-0.25, -0.2) is 9.37 Å². The van der Waals surface area contributed by atoms with E-state index in [0.717, 1.165) is 12.8 Å². The maximum Gasteiger partial charge on any atom is 0.490 e. The van der Waals surface area contributed by atoms with Gasteiger partial charge in [0.05, 0.1) is 23.3 Å². The summed E-state index contributed by atoms with van der Waals surface area (Å²) in [6.45, 7) is 5.46. The van der Waals surface area contributed by atoms with Crippen LogP contribution in [0.15, 0.2) is 30.5 Å². The molecular formula is C21H25F2N5O4S. The highest BCUT2D eigenvalue weighted by Crippen LogP contribution is 2.45. The van der Waals surface area contributed by atoms with Crippen LogP contribution in [0.25, 0.3) is 0 Å². The molecule has 2 aromatic rings. The predicted octanol–water partition coefficient (Wildman–Crippen LogP) is 2.99. The van der Waals surface area contributed by atoms with Crippen LogP contribution >= 0.6 is 0 Å². The summed E-state index contributed by atoms with van der Waals surface area (Å²) in [5.41, 5.74) is 1.31. The van der Waals surface area contributed by atoms with Gasteiger partial charge in [-0.3, -0.25) is 9.69 Å². The lowest BCUT2D eigenvalue weighted by Crippen LogP contribution is -2.55. The predicted molar refractivity (Wildman–Crippen MR) is 120 cm³/mol. The number of amides is 1. The van der Waals surface area contributed by atoms with E-state index in [9.17, 15) is 21.5 Å². The van der Waals surface area contributed by atoms with E-state index in [-0.39, 0.29) is 17.8 Å². The highest BCUT2D eigenvalue weighted by Gasteiger charge is 2.49. The number of carbonyl (C=O) groups excluding carboxylic acids is 1. The Balaban J connectivity index is 1.53. The van der Waals surface area contributed by atoms with Gasteiger partial charge in [-0.2, -0.15) is 8.42 Å². The van der Waals surface area contributed by atoms with Crippen molar-refractivity contribution in [3.63, 3.8) is 0 Å². The molecule has 0 aliphatic carbocycles. The summed E-state index contributed by atoms with van der Waals surface area (Å²) in [5.74, 6) is -1.00. The Labute approximate surface area is 190 Å². The zero-order valence-electron chi connectivity index (χ0n) is 18.2. The third-order valence-electron chi connectivity index (χ3n) is 6.02. The van der Waals surface area contributed by atoms with Crippen molar-refractivity contribution in [2.75, 3.05) is 35.6 Å². The smallest absolute Gasteiger partial charge is 0.384 e. The van der Waals surface area contributed by atoms with Gasteiger partial charge in [-0.1, -0.05) is 3.89 Å². The van der Waals surface area contributed by atoms with Crippen molar-refractivity contribution in [1.82, 2.24) is 9.88 Å². The van der Waals surface area contributed by atoms with Crippen molar-refractivity contribution in [2.45, 2.75) is 38.3 Å². The van der Waals surface area contributed by atoms with Gasteiger partial charge in [0, 0.05) is 30.8 Å². The van der Waals surface area contributed by atoms with Crippen LogP contribution in [0.2, 0.25) is 0 Å². The number of benzene rings is 1. The quantitative estimate of drug-likeness (QED) is 0.518. The Morgan fingerprint density at radius 1 is 1.36 bits per heavy atom. The number of nitrogens with one attached hydrogen (secondary N) is 3. The van der Waals surface area contributed by atoms with Crippen LogP contribution < -0.4 is 20.1 Å². The van der Waals surface area contributed by atoms with Gasteiger partial charge in [-0.05, 0) is 51.4 Å². The summed E-state index contributed by atoms with van der Waals surface area (Å²) < 4.78 is 52.3. The molecule has 2 atom stereocenters. The van der Waals surface area contributed by atoms with E-state index in [1.54, 1.807) is 6.92 Å². The van der Waals surface area contributed by atoms with E-state index in [2.05, 4.69) is 25.1 Å². The Bertz CT molecular complexity index is 1160. The van der Waals surface area contributed by atoms with Crippen molar-refractivity contribution in [1.29, 1.82) is 0 Å². The molecule has 12 heteroatoms. The highest BCUT2D eigenvalue weighted by molar-refractivity contribution is 7.81. The Morgan fingerprint density at radius 3 is 2.82 bits per heavy atom. The SMILES string of the molecule is CCNc1cc(F)cc2c1NC(=O)C2(C)N1CCC[C@@H](Nc2ccc(OS(=O)(=O)F)nc2)C1. The number of rotatable bonds is 7.